The summed E-state index contributed by atoms with van der Waals surface area (Å²) in [5, 5.41) is 14.3. The molecule has 0 saturated carbocycles. The lowest BCUT2D eigenvalue weighted by atomic mass is 10.1. The second kappa shape index (κ2) is 12.6. The van der Waals surface area contributed by atoms with Crippen LogP contribution in [-0.4, -0.2) is 36.7 Å². The summed E-state index contributed by atoms with van der Waals surface area (Å²) in [6, 6.07) is 18.6. The van der Waals surface area contributed by atoms with E-state index in [2.05, 4.69) is 37.6 Å². The monoisotopic (exact) mass is 594 g/mol. The second-order valence-corrected chi connectivity index (χ2v) is 11.1. The van der Waals surface area contributed by atoms with Crippen LogP contribution in [0.4, 0.5) is 13.2 Å². The highest BCUT2D eigenvalue weighted by Gasteiger charge is 2.31. The van der Waals surface area contributed by atoms with Crippen LogP contribution in [0.2, 0.25) is 0 Å². The summed E-state index contributed by atoms with van der Waals surface area (Å²) in [7, 11) is 0. The van der Waals surface area contributed by atoms with Crippen molar-refractivity contribution in [3.05, 3.63) is 106 Å². The molecule has 0 aliphatic carbocycles. The normalized spacial score (nSPS) is 12.3. The number of benzene rings is 2. The van der Waals surface area contributed by atoms with Crippen molar-refractivity contribution in [1.82, 2.24) is 30.0 Å². The molecule has 2 aromatic carbocycles. The predicted octanol–water partition coefficient (Wildman–Crippen LogP) is 6.85. The largest absolute Gasteiger partial charge is 0.416 e. The predicted molar refractivity (Wildman–Crippen MR) is 153 cm³/mol. The van der Waals surface area contributed by atoms with Gasteiger partial charge in [-0.2, -0.15) is 13.2 Å². The van der Waals surface area contributed by atoms with Gasteiger partial charge in [-0.3, -0.25) is 14.3 Å². The number of amides is 1. The summed E-state index contributed by atoms with van der Waals surface area (Å²) in [5.41, 5.74) is 1.65. The molecule has 0 saturated heterocycles. The molecule has 0 radical (unpaired) electrons. The van der Waals surface area contributed by atoms with Crippen molar-refractivity contribution >= 4 is 29.0 Å². The van der Waals surface area contributed by atoms with Gasteiger partial charge in [0.2, 0.25) is 0 Å². The SMILES string of the molecule is CC(CCc1ccccc1)NC(=O)c1csc(CSc2nnc(-c3cccnc3)n2-c2cccc(C(F)(F)F)c2)n1. The number of thioether (sulfide) groups is 1. The molecule has 1 unspecified atom stereocenters. The second-order valence-electron chi connectivity index (χ2n) is 9.25. The summed E-state index contributed by atoms with van der Waals surface area (Å²) in [4.78, 5) is 21.4. The Morgan fingerprint density at radius 3 is 2.66 bits per heavy atom. The third kappa shape index (κ3) is 7.19. The van der Waals surface area contributed by atoms with E-state index < -0.39 is 11.7 Å². The highest BCUT2D eigenvalue weighted by atomic mass is 32.2. The fraction of sp³-hybridized carbons (Fsp3) is 0.207. The van der Waals surface area contributed by atoms with Crippen molar-refractivity contribution in [3.8, 4) is 17.1 Å². The van der Waals surface area contributed by atoms with E-state index in [4.69, 9.17) is 0 Å². The first-order chi connectivity index (χ1) is 19.8. The maximum atomic E-state index is 13.5. The number of carbonyl (C=O) groups excluding carboxylic acids is 1. The first-order valence-corrected chi connectivity index (χ1v) is 14.6. The number of alkyl halides is 3. The first-order valence-electron chi connectivity index (χ1n) is 12.7. The van der Waals surface area contributed by atoms with E-state index in [9.17, 15) is 18.0 Å². The van der Waals surface area contributed by atoms with E-state index in [1.165, 1.54) is 34.7 Å². The zero-order valence-corrected chi connectivity index (χ0v) is 23.5. The van der Waals surface area contributed by atoms with Crippen LogP contribution in [-0.2, 0) is 18.3 Å². The summed E-state index contributed by atoms with van der Waals surface area (Å²) >= 11 is 2.61. The third-order valence-corrected chi connectivity index (χ3v) is 8.15. The molecule has 210 valence electrons. The minimum atomic E-state index is -4.50. The molecule has 5 aromatic rings. The van der Waals surface area contributed by atoms with Crippen molar-refractivity contribution in [2.24, 2.45) is 0 Å². The van der Waals surface area contributed by atoms with Gasteiger partial charge in [0, 0.05) is 29.4 Å². The van der Waals surface area contributed by atoms with Gasteiger partial charge in [0.15, 0.2) is 11.0 Å². The Balaban J connectivity index is 1.30. The molecule has 12 heteroatoms. The van der Waals surface area contributed by atoms with E-state index in [1.54, 1.807) is 40.5 Å². The van der Waals surface area contributed by atoms with Crippen molar-refractivity contribution in [1.29, 1.82) is 0 Å². The molecule has 0 aliphatic rings. The fourth-order valence-corrected chi connectivity index (χ4v) is 5.85. The van der Waals surface area contributed by atoms with Crippen LogP contribution in [0.25, 0.3) is 17.1 Å². The van der Waals surface area contributed by atoms with Crippen molar-refractivity contribution in [3.63, 3.8) is 0 Å². The van der Waals surface area contributed by atoms with E-state index in [0.29, 0.717) is 33.0 Å². The molecule has 41 heavy (non-hydrogen) atoms. The Hall–Kier alpha value is -4.03. The van der Waals surface area contributed by atoms with Crippen LogP contribution in [0.15, 0.2) is 89.7 Å². The lowest BCUT2D eigenvalue weighted by Gasteiger charge is -2.13. The number of hydrogen-bond donors (Lipinski definition) is 1. The minimum absolute atomic E-state index is 0.0286. The quantitative estimate of drug-likeness (QED) is 0.178. The van der Waals surface area contributed by atoms with Crippen LogP contribution in [0.5, 0.6) is 0 Å². The number of pyridine rings is 1. The van der Waals surface area contributed by atoms with Crippen LogP contribution in [0.1, 0.15) is 40.0 Å². The van der Waals surface area contributed by atoms with Crippen LogP contribution >= 0.6 is 23.1 Å². The summed E-state index contributed by atoms with van der Waals surface area (Å²) < 4.78 is 42.0. The number of halogens is 3. The molecular weight excluding hydrogens is 569 g/mol. The number of rotatable bonds is 10. The number of aromatic nitrogens is 5. The Morgan fingerprint density at radius 1 is 1.07 bits per heavy atom. The smallest absolute Gasteiger partial charge is 0.348 e. The first kappa shape index (κ1) is 28.5. The molecule has 1 N–H and O–H groups in total. The zero-order valence-electron chi connectivity index (χ0n) is 21.9. The number of nitrogens with zero attached hydrogens (tertiary/aromatic N) is 5. The van der Waals surface area contributed by atoms with Gasteiger partial charge in [-0.1, -0.05) is 48.2 Å². The highest BCUT2D eigenvalue weighted by molar-refractivity contribution is 7.98. The van der Waals surface area contributed by atoms with Gasteiger partial charge in [0.1, 0.15) is 10.7 Å². The average molecular weight is 595 g/mol. The van der Waals surface area contributed by atoms with Crippen LogP contribution in [0, 0.1) is 0 Å². The molecular formula is C29H25F3N6OS2. The lowest BCUT2D eigenvalue weighted by molar-refractivity contribution is -0.137. The molecule has 1 amide bonds. The molecule has 0 aliphatic heterocycles. The Kier molecular flexibility index (Phi) is 8.79. The van der Waals surface area contributed by atoms with Gasteiger partial charge in [-0.05, 0) is 55.7 Å². The number of thiazole rings is 1. The molecule has 5 rings (SSSR count). The van der Waals surface area contributed by atoms with Crippen LogP contribution in [0.3, 0.4) is 0 Å². The topological polar surface area (TPSA) is 85.6 Å². The summed E-state index contributed by atoms with van der Waals surface area (Å²) in [5.74, 6) is 0.471. The van der Waals surface area contributed by atoms with E-state index in [-0.39, 0.29) is 17.6 Å². The summed E-state index contributed by atoms with van der Waals surface area (Å²) in [6.07, 6.45) is 0.337. The van der Waals surface area contributed by atoms with Gasteiger partial charge in [0.25, 0.3) is 5.91 Å². The molecule has 3 heterocycles. The van der Waals surface area contributed by atoms with E-state index in [1.807, 2.05) is 25.1 Å². The number of nitrogens with one attached hydrogen (secondary N) is 1. The van der Waals surface area contributed by atoms with Gasteiger partial charge < -0.3 is 5.32 Å². The molecule has 1 atom stereocenters. The number of carbonyl (C=O) groups is 1. The maximum Gasteiger partial charge on any atom is 0.416 e. The maximum absolute atomic E-state index is 13.5. The van der Waals surface area contributed by atoms with Crippen molar-refractivity contribution in [2.75, 3.05) is 0 Å². The standard InChI is InChI=1S/C29H25F3N6OS2/c1-19(12-13-20-7-3-2-4-8-20)34-27(39)24-17-40-25(35-24)18-41-28-37-36-26(21-9-6-14-33-16-21)38(28)23-11-5-10-22(15-23)29(30,31)32/h2-11,14-17,19H,12-13,18H2,1H3,(H,34,39). The third-order valence-electron chi connectivity index (χ3n) is 6.18. The minimum Gasteiger partial charge on any atom is -0.348 e. The zero-order chi connectivity index (χ0) is 28.8. The molecule has 0 bridgehead atoms. The Labute approximate surface area is 242 Å². The Morgan fingerprint density at radius 2 is 1.90 bits per heavy atom. The fourth-order valence-electron chi connectivity index (χ4n) is 4.11. The number of aryl methyl sites for hydroxylation is 1. The van der Waals surface area contributed by atoms with Crippen molar-refractivity contribution in [2.45, 2.75) is 42.9 Å². The van der Waals surface area contributed by atoms with Gasteiger partial charge in [0.05, 0.1) is 17.0 Å². The van der Waals surface area contributed by atoms with E-state index >= 15 is 0 Å². The number of hydrogen-bond acceptors (Lipinski definition) is 7. The lowest BCUT2D eigenvalue weighted by Crippen LogP contribution is -2.33. The van der Waals surface area contributed by atoms with Gasteiger partial charge in [-0.15, -0.1) is 21.5 Å². The Bertz CT molecular complexity index is 1610. The van der Waals surface area contributed by atoms with Gasteiger partial charge in [-0.25, -0.2) is 4.98 Å². The average Bonchev–Trinajstić information content (AvgIpc) is 3.63. The molecule has 0 fully saturated rings. The van der Waals surface area contributed by atoms with E-state index in [0.717, 1.165) is 25.0 Å². The summed E-state index contributed by atoms with van der Waals surface area (Å²) in [6.45, 7) is 1.96. The molecule has 0 spiro atoms. The van der Waals surface area contributed by atoms with Gasteiger partial charge >= 0.3 is 6.18 Å². The van der Waals surface area contributed by atoms with Crippen molar-refractivity contribution < 1.29 is 18.0 Å². The molecule has 7 nitrogen and oxygen atoms in total. The van der Waals surface area contributed by atoms with Crippen LogP contribution < -0.4 is 5.32 Å². The highest BCUT2D eigenvalue weighted by Crippen LogP contribution is 2.34. The molecule has 3 aromatic heterocycles.